The van der Waals surface area contributed by atoms with Crippen molar-refractivity contribution < 1.29 is 17.9 Å². The zero-order valence-corrected chi connectivity index (χ0v) is 20.0. The maximum absolute atomic E-state index is 13.5. The topological polar surface area (TPSA) is 75.7 Å². The van der Waals surface area contributed by atoms with E-state index in [0.717, 1.165) is 16.3 Å². The molecule has 0 spiro atoms. The van der Waals surface area contributed by atoms with E-state index in [4.69, 9.17) is 4.74 Å². The number of nitrogens with zero attached hydrogens (tertiary/aromatic N) is 1. The van der Waals surface area contributed by atoms with Gasteiger partial charge in [-0.25, -0.2) is 8.42 Å². The van der Waals surface area contributed by atoms with Gasteiger partial charge < -0.3 is 10.1 Å². The van der Waals surface area contributed by atoms with Gasteiger partial charge in [0.2, 0.25) is 5.91 Å². The first-order valence-electron chi connectivity index (χ1n) is 11.0. The summed E-state index contributed by atoms with van der Waals surface area (Å²) < 4.78 is 33.9. The second-order valence-corrected chi connectivity index (χ2v) is 9.47. The SMILES string of the molecule is CCOc1ccccc1N(CC(=O)N[C@@H](C)c1ccc(CC)cc1)S(=O)(=O)c1ccccc1. The van der Waals surface area contributed by atoms with Crippen molar-refractivity contribution in [1.82, 2.24) is 5.32 Å². The summed E-state index contributed by atoms with van der Waals surface area (Å²) in [7, 11) is -4.01. The van der Waals surface area contributed by atoms with Crippen LogP contribution in [-0.2, 0) is 21.2 Å². The number of ether oxygens (including phenoxy) is 1. The molecule has 0 bridgehead atoms. The first-order valence-corrected chi connectivity index (χ1v) is 12.5. The Labute approximate surface area is 196 Å². The molecule has 0 unspecified atom stereocenters. The number of anilines is 1. The van der Waals surface area contributed by atoms with Gasteiger partial charge in [0.05, 0.1) is 23.2 Å². The molecular weight excluding hydrogens is 436 g/mol. The van der Waals surface area contributed by atoms with Crippen molar-refractivity contribution in [2.45, 2.75) is 38.1 Å². The van der Waals surface area contributed by atoms with Crippen molar-refractivity contribution in [2.24, 2.45) is 0 Å². The van der Waals surface area contributed by atoms with E-state index in [1.165, 1.54) is 17.7 Å². The lowest BCUT2D eigenvalue weighted by atomic mass is 10.1. The lowest BCUT2D eigenvalue weighted by Gasteiger charge is -2.26. The predicted octanol–water partition coefficient (Wildman–Crippen LogP) is 4.72. The van der Waals surface area contributed by atoms with Gasteiger partial charge in [-0.15, -0.1) is 0 Å². The minimum atomic E-state index is -4.01. The van der Waals surface area contributed by atoms with Gasteiger partial charge >= 0.3 is 0 Å². The number of carbonyl (C=O) groups is 1. The van der Waals surface area contributed by atoms with E-state index in [1.54, 1.807) is 42.5 Å². The van der Waals surface area contributed by atoms with Crippen LogP contribution in [0.1, 0.15) is 37.9 Å². The van der Waals surface area contributed by atoms with Gasteiger partial charge in [-0.2, -0.15) is 0 Å². The summed E-state index contributed by atoms with van der Waals surface area (Å²) in [6.45, 7) is 5.78. The quantitative estimate of drug-likeness (QED) is 0.469. The van der Waals surface area contributed by atoms with Crippen LogP contribution in [0.15, 0.2) is 83.8 Å². The van der Waals surface area contributed by atoms with Gasteiger partial charge in [-0.3, -0.25) is 9.10 Å². The summed E-state index contributed by atoms with van der Waals surface area (Å²) in [4.78, 5) is 13.1. The summed E-state index contributed by atoms with van der Waals surface area (Å²) >= 11 is 0. The van der Waals surface area contributed by atoms with E-state index in [2.05, 4.69) is 12.2 Å². The summed E-state index contributed by atoms with van der Waals surface area (Å²) in [6, 6.07) is 22.7. The number of benzene rings is 3. The van der Waals surface area contributed by atoms with Crippen molar-refractivity contribution in [2.75, 3.05) is 17.5 Å². The van der Waals surface area contributed by atoms with Gasteiger partial charge in [0.25, 0.3) is 10.0 Å². The first-order chi connectivity index (χ1) is 15.9. The minimum absolute atomic E-state index is 0.104. The van der Waals surface area contributed by atoms with Crippen molar-refractivity contribution >= 4 is 21.6 Å². The predicted molar refractivity (Wildman–Crippen MR) is 131 cm³/mol. The average molecular weight is 467 g/mol. The average Bonchev–Trinajstić information content (AvgIpc) is 2.83. The fourth-order valence-corrected chi connectivity index (χ4v) is 4.96. The largest absolute Gasteiger partial charge is 0.492 e. The first kappa shape index (κ1) is 24.3. The molecule has 0 radical (unpaired) electrons. The number of para-hydroxylation sites is 2. The fraction of sp³-hybridized carbons (Fsp3) is 0.269. The number of sulfonamides is 1. The van der Waals surface area contributed by atoms with E-state index in [0.29, 0.717) is 18.0 Å². The molecule has 0 saturated carbocycles. The molecule has 6 nitrogen and oxygen atoms in total. The van der Waals surface area contributed by atoms with Gasteiger partial charge in [0, 0.05) is 0 Å². The van der Waals surface area contributed by atoms with E-state index in [1.807, 2.05) is 38.1 Å². The highest BCUT2D eigenvalue weighted by Crippen LogP contribution is 2.32. The van der Waals surface area contributed by atoms with Crippen molar-refractivity contribution in [3.63, 3.8) is 0 Å². The second kappa shape index (κ2) is 11.0. The molecule has 7 heteroatoms. The molecule has 1 atom stereocenters. The molecule has 0 heterocycles. The molecular formula is C26H30N2O4S. The van der Waals surface area contributed by atoms with Crippen LogP contribution in [0.25, 0.3) is 0 Å². The van der Waals surface area contributed by atoms with Crippen molar-refractivity contribution in [3.05, 3.63) is 90.0 Å². The molecule has 3 aromatic carbocycles. The van der Waals surface area contributed by atoms with E-state index < -0.39 is 15.9 Å². The Bertz CT molecular complexity index is 1160. The van der Waals surface area contributed by atoms with Crippen LogP contribution in [0.4, 0.5) is 5.69 Å². The Hall–Kier alpha value is -3.32. The highest BCUT2D eigenvalue weighted by Gasteiger charge is 2.29. The number of hydrogen-bond donors (Lipinski definition) is 1. The third-order valence-electron chi connectivity index (χ3n) is 5.32. The van der Waals surface area contributed by atoms with Gasteiger partial charge in [-0.1, -0.05) is 61.5 Å². The van der Waals surface area contributed by atoms with E-state index in [9.17, 15) is 13.2 Å². The molecule has 0 aromatic heterocycles. The van der Waals surface area contributed by atoms with Crippen LogP contribution in [0.5, 0.6) is 5.75 Å². The highest BCUT2D eigenvalue weighted by atomic mass is 32.2. The Morgan fingerprint density at radius 1 is 0.939 bits per heavy atom. The third kappa shape index (κ3) is 5.93. The summed E-state index contributed by atoms with van der Waals surface area (Å²) in [5.74, 6) is -0.0108. The lowest BCUT2D eigenvalue weighted by Crippen LogP contribution is -2.41. The fourth-order valence-electron chi connectivity index (χ4n) is 3.50. The zero-order chi connectivity index (χ0) is 23.8. The number of nitrogens with one attached hydrogen (secondary N) is 1. The molecule has 0 aliphatic rings. The maximum Gasteiger partial charge on any atom is 0.264 e. The van der Waals surface area contributed by atoms with Gasteiger partial charge in [0.1, 0.15) is 12.3 Å². The molecule has 0 aliphatic carbocycles. The molecule has 0 saturated heterocycles. The van der Waals surface area contributed by atoms with Crippen LogP contribution >= 0.6 is 0 Å². The summed E-state index contributed by atoms with van der Waals surface area (Å²) in [5.41, 5.74) is 2.48. The molecule has 1 amide bonds. The standard InChI is InChI=1S/C26H30N2O4S/c1-4-21-15-17-22(18-16-21)20(3)27-26(29)19-28(24-13-9-10-14-25(24)32-5-2)33(30,31)23-11-7-6-8-12-23/h6-18,20H,4-5,19H2,1-3H3,(H,27,29)/t20-/m0/s1. The highest BCUT2D eigenvalue weighted by molar-refractivity contribution is 7.92. The molecule has 0 fully saturated rings. The smallest absolute Gasteiger partial charge is 0.264 e. The summed E-state index contributed by atoms with van der Waals surface area (Å²) in [5, 5.41) is 2.92. The Morgan fingerprint density at radius 3 is 2.21 bits per heavy atom. The monoisotopic (exact) mass is 466 g/mol. The van der Waals surface area contributed by atoms with Crippen LogP contribution in [0.2, 0.25) is 0 Å². The number of aryl methyl sites for hydroxylation is 1. The van der Waals surface area contributed by atoms with Crippen LogP contribution in [-0.4, -0.2) is 27.5 Å². The molecule has 1 N–H and O–H groups in total. The normalized spacial score (nSPS) is 12.1. The Balaban J connectivity index is 1.90. The molecule has 174 valence electrons. The number of amides is 1. The maximum atomic E-state index is 13.5. The summed E-state index contributed by atoms with van der Waals surface area (Å²) in [6.07, 6.45) is 0.937. The lowest BCUT2D eigenvalue weighted by molar-refractivity contribution is -0.120. The second-order valence-electron chi connectivity index (χ2n) is 7.61. The van der Waals surface area contributed by atoms with Crippen LogP contribution < -0.4 is 14.4 Å². The van der Waals surface area contributed by atoms with E-state index >= 15 is 0 Å². The zero-order valence-electron chi connectivity index (χ0n) is 19.2. The van der Waals surface area contributed by atoms with Crippen molar-refractivity contribution in [3.8, 4) is 5.75 Å². The van der Waals surface area contributed by atoms with Gasteiger partial charge in [0.15, 0.2) is 0 Å². The molecule has 33 heavy (non-hydrogen) atoms. The van der Waals surface area contributed by atoms with Crippen LogP contribution in [0, 0.1) is 0 Å². The molecule has 0 aliphatic heterocycles. The molecule has 3 aromatic rings. The Morgan fingerprint density at radius 2 is 1.58 bits per heavy atom. The van der Waals surface area contributed by atoms with Crippen LogP contribution in [0.3, 0.4) is 0 Å². The molecule has 3 rings (SSSR count). The van der Waals surface area contributed by atoms with E-state index in [-0.39, 0.29) is 17.5 Å². The number of rotatable bonds is 10. The number of hydrogen-bond acceptors (Lipinski definition) is 4. The van der Waals surface area contributed by atoms with Gasteiger partial charge in [-0.05, 0) is 55.7 Å². The third-order valence-corrected chi connectivity index (χ3v) is 7.09. The Kier molecular flexibility index (Phi) is 8.11. The number of carbonyl (C=O) groups excluding carboxylic acids is 1. The minimum Gasteiger partial charge on any atom is -0.492 e. The van der Waals surface area contributed by atoms with Crippen molar-refractivity contribution in [1.29, 1.82) is 0 Å².